The molecule has 1 heterocycles. The second kappa shape index (κ2) is 3.93. The first-order valence-corrected chi connectivity index (χ1v) is 3.52. The topological polar surface area (TPSA) is 48.1 Å². The minimum absolute atomic E-state index is 0.521. The first kappa shape index (κ1) is 8.01. The van der Waals surface area contributed by atoms with E-state index in [4.69, 9.17) is 10.5 Å². The van der Waals surface area contributed by atoms with Crippen LogP contribution in [0.3, 0.4) is 0 Å². The molecule has 0 aliphatic rings. The molecule has 59 valence electrons. The summed E-state index contributed by atoms with van der Waals surface area (Å²) < 4.78 is 5.16. The van der Waals surface area contributed by atoms with Crippen LogP contribution < -0.4 is 5.73 Å². The summed E-state index contributed by atoms with van der Waals surface area (Å²) in [7, 11) is 0. The number of hydrogen-bond acceptors (Lipinski definition) is 3. The number of nitrogen functional groups attached to an aromatic ring is 1. The van der Waals surface area contributed by atoms with Gasteiger partial charge in [0, 0.05) is 24.4 Å². The minimum Gasteiger partial charge on any atom is -0.383 e. The zero-order valence-electron chi connectivity index (χ0n) is 6.50. The number of aromatic nitrogens is 1. The van der Waals surface area contributed by atoms with Crippen molar-refractivity contribution in [2.75, 3.05) is 12.3 Å². The van der Waals surface area contributed by atoms with Gasteiger partial charge < -0.3 is 10.5 Å². The summed E-state index contributed by atoms with van der Waals surface area (Å²) in [6.45, 7) is 3.15. The molecule has 2 N–H and O–H groups in total. The van der Waals surface area contributed by atoms with Crippen LogP contribution in [0, 0.1) is 6.07 Å². The van der Waals surface area contributed by atoms with Gasteiger partial charge in [0.15, 0.2) is 0 Å². The monoisotopic (exact) mass is 151 g/mol. The van der Waals surface area contributed by atoms with Gasteiger partial charge in [0.2, 0.25) is 0 Å². The Morgan fingerprint density at radius 1 is 1.73 bits per heavy atom. The van der Waals surface area contributed by atoms with E-state index in [1.54, 1.807) is 12.3 Å². The molecule has 3 heteroatoms. The largest absolute Gasteiger partial charge is 0.383 e. The van der Waals surface area contributed by atoms with Crippen molar-refractivity contribution in [1.82, 2.24) is 4.98 Å². The van der Waals surface area contributed by atoms with Crippen molar-refractivity contribution in [2.24, 2.45) is 0 Å². The molecule has 0 saturated heterocycles. The Balaban J connectivity index is 2.62. The summed E-state index contributed by atoms with van der Waals surface area (Å²) >= 11 is 0. The van der Waals surface area contributed by atoms with Gasteiger partial charge in [-0.1, -0.05) is 0 Å². The molecule has 1 aromatic heterocycles. The first-order chi connectivity index (χ1) is 5.34. The smallest absolute Gasteiger partial charge is 0.128 e. The third kappa shape index (κ3) is 2.20. The molecule has 0 aliphatic heterocycles. The van der Waals surface area contributed by atoms with Crippen LogP contribution in [0.25, 0.3) is 0 Å². The highest BCUT2D eigenvalue weighted by molar-refractivity contribution is 5.37. The molecule has 0 saturated carbocycles. The lowest BCUT2D eigenvalue weighted by atomic mass is 10.3. The molecule has 11 heavy (non-hydrogen) atoms. The maximum atomic E-state index is 5.55. The van der Waals surface area contributed by atoms with Crippen LogP contribution in [0.2, 0.25) is 0 Å². The van der Waals surface area contributed by atoms with Gasteiger partial charge in [0.25, 0.3) is 0 Å². The van der Waals surface area contributed by atoms with Crippen molar-refractivity contribution in [3.8, 4) is 0 Å². The van der Waals surface area contributed by atoms with Gasteiger partial charge in [-0.25, -0.2) is 4.98 Å². The summed E-state index contributed by atoms with van der Waals surface area (Å²) in [4.78, 5) is 3.87. The van der Waals surface area contributed by atoms with E-state index in [2.05, 4.69) is 11.1 Å². The minimum atomic E-state index is 0.521. The predicted octanol–water partition coefficient (Wildman–Crippen LogP) is 1.00. The van der Waals surface area contributed by atoms with Crippen LogP contribution in [0.1, 0.15) is 12.5 Å². The third-order valence-corrected chi connectivity index (χ3v) is 1.33. The number of nitrogens with two attached hydrogens (primary N) is 1. The number of rotatable bonds is 3. The fourth-order valence-electron chi connectivity index (χ4n) is 0.729. The molecule has 3 nitrogen and oxygen atoms in total. The van der Waals surface area contributed by atoms with Crippen LogP contribution in [0.4, 0.5) is 5.82 Å². The maximum absolute atomic E-state index is 5.55. The molecule has 1 radical (unpaired) electrons. The zero-order chi connectivity index (χ0) is 8.10. The average molecular weight is 151 g/mol. The van der Waals surface area contributed by atoms with Gasteiger partial charge in [0.1, 0.15) is 5.82 Å². The van der Waals surface area contributed by atoms with Crippen molar-refractivity contribution in [2.45, 2.75) is 13.5 Å². The molecule has 1 aromatic rings. The third-order valence-electron chi connectivity index (χ3n) is 1.33. The molecule has 0 spiro atoms. The molecule has 0 atom stereocenters. The SMILES string of the molecule is CCOCc1c[c]cnc1N. The lowest BCUT2D eigenvalue weighted by Crippen LogP contribution is -1.99. The number of nitrogens with zero attached hydrogens (tertiary/aromatic N) is 1. The lowest BCUT2D eigenvalue weighted by Gasteiger charge is -2.02. The second-order valence-corrected chi connectivity index (χ2v) is 2.12. The van der Waals surface area contributed by atoms with E-state index in [1.165, 1.54) is 0 Å². The quantitative estimate of drug-likeness (QED) is 0.701. The number of pyridine rings is 1. The number of hydrogen-bond donors (Lipinski definition) is 1. The summed E-state index contributed by atoms with van der Waals surface area (Å²) in [5.41, 5.74) is 6.45. The Kier molecular flexibility index (Phi) is 2.86. The Labute approximate surface area is 66.2 Å². The highest BCUT2D eigenvalue weighted by atomic mass is 16.5. The molecular weight excluding hydrogens is 140 g/mol. The summed E-state index contributed by atoms with van der Waals surface area (Å²) in [5, 5.41) is 0. The lowest BCUT2D eigenvalue weighted by molar-refractivity contribution is 0.134. The van der Waals surface area contributed by atoms with E-state index >= 15 is 0 Å². The molecule has 0 aromatic carbocycles. The van der Waals surface area contributed by atoms with E-state index in [9.17, 15) is 0 Å². The highest BCUT2D eigenvalue weighted by Gasteiger charge is 1.96. The Morgan fingerprint density at radius 3 is 3.18 bits per heavy atom. The van der Waals surface area contributed by atoms with Crippen molar-refractivity contribution in [3.05, 3.63) is 23.9 Å². The van der Waals surface area contributed by atoms with Crippen molar-refractivity contribution in [1.29, 1.82) is 0 Å². The van der Waals surface area contributed by atoms with Gasteiger partial charge in [-0.3, -0.25) is 0 Å². The Bertz CT molecular complexity index is 225. The van der Waals surface area contributed by atoms with Gasteiger partial charge in [-0.05, 0) is 13.0 Å². The van der Waals surface area contributed by atoms with E-state index in [0.717, 1.165) is 5.56 Å². The van der Waals surface area contributed by atoms with Crippen LogP contribution >= 0.6 is 0 Å². The molecule has 0 fully saturated rings. The van der Waals surface area contributed by atoms with Crippen molar-refractivity contribution < 1.29 is 4.74 Å². The molecule has 0 amide bonds. The number of ether oxygens (including phenoxy) is 1. The standard InChI is InChI=1S/C8H11N2O/c1-2-11-6-7-4-3-5-10-8(7)9/h4-5H,2,6H2,1H3,(H2,9,10). The average Bonchev–Trinajstić information content (AvgIpc) is 2.03. The Morgan fingerprint density at radius 2 is 2.55 bits per heavy atom. The Hall–Kier alpha value is -1.09. The maximum Gasteiger partial charge on any atom is 0.128 e. The normalized spacial score (nSPS) is 9.91. The highest BCUT2D eigenvalue weighted by Crippen LogP contribution is 2.07. The summed E-state index contributed by atoms with van der Waals surface area (Å²) in [6, 6.07) is 4.63. The molecule has 1 rings (SSSR count). The fraction of sp³-hybridized carbons (Fsp3) is 0.375. The van der Waals surface area contributed by atoms with Crippen LogP contribution in [0.15, 0.2) is 12.3 Å². The van der Waals surface area contributed by atoms with Gasteiger partial charge in [-0.2, -0.15) is 0 Å². The van der Waals surface area contributed by atoms with E-state index in [1.807, 2.05) is 6.92 Å². The first-order valence-electron chi connectivity index (χ1n) is 3.52. The van der Waals surface area contributed by atoms with Crippen molar-refractivity contribution >= 4 is 5.82 Å². The van der Waals surface area contributed by atoms with Crippen LogP contribution in [-0.2, 0) is 11.3 Å². The van der Waals surface area contributed by atoms with Gasteiger partial charge >= 0.3 is 0 Å². The predicted molar refractivity (Wildman–Crippen MR) is 42.8 cm³/mol. The van der Waals surface area contributed by atoms with E-state index in [0.29, 0.717) is 19.0 Å². The van der Waals surface area contributed by atoms with E-state index in [-0.39, 0.29) is 0 Å². The van der Waals surface area contributed by atoms with Crippen molar-refractivity contribution in [3.63, 3.8) is 0 Å². The van der Waals surface area contributed by atoms with Gasteiger partial charge in [0.05, 0.1) is 6.61 Å². The van der Waals surface area contributed by atoms with E-state index < -0.39 is 0 Å². The molecule has 0 aliphatic carbocycles. The number of anilines is 1. The molecule has 0 bridgehead atoms. The zero-order valence-corrected chi connectivity index (χ0v) is 6.50. The van der Waals surface area contributed by atoms with Gasteiger partial charge in [-0.15, -0.1) is 0 Å². The summed E-state index contributed by atoms with van der Waals surface area (Å²) in [5.74, 6) is 0.525. The van der Waals surface area contributed by atoms with Crippen LogP contribution in [0.5, 0.6) is 0 Å². The fourth-order valence-corrected chi connectivity index (χ4v) is 0.729. The molecular formula is C8H11N2O. The van der Waals surface area contributed by atoms with Crippen LogP contribution in [-0.4, -0.2) is 11.6 Å². The molecule has 0 unspecified atom stereocenters. The second-order valence-electron chi connectivity index (χ2n) is 2.12. The summed E-state index contributed by atoms with van der Waals surface area (Å²) in [6.07, 6.45) is 1.55.